The van der Waals surface area contributed by atoms with Crippen molar-refractivity contribution in [1.82, 2.24) is 4.90 Å². The zero-order valence-corrected chi connectivity index (χ0v) is 14.5. The van der Waals surface area contributed by atoms with Gasteiger partial charge in [0.15, 0.2) is 0 Å². The number of hydrogen-bond acceptors (Lipinski definition) is 4. The van der Waals surface area contributed by atoms with Crippen molar-refractivity contribution in [1.29, 1.82) is 0 Å². The molecule has 4 heteroatoms. The first-order chi connectivity index (χ1) is 9.48. The topological polar surface area (TPSA) is 38.5 Å². The molecule has 0 amide bonds. The average Bonchev–Trinajstić information content (AvgIpc) is 3.24. The van der Waals surface area contributed by atoms with E-state index < -0.39 is 0 Å². The van der Waals surface area contributed by atoms with Gasteiger partial charge in [-0.05, 0) is 43.3 Å². The summed E-state index contributed by atoms with van der Waals surface area (Å²) in [5.74, 6) is 3.31. The fraction of sp³-hybridized carbons (Fsp3) is 1.00. The van der Waals surface area contributed by atoms with Gasteiger partial charge in [-0.15, -0.1) is 0 Å². The molecule has 1 saturated heterocycles. The second kappa shape index (κ2) is 6.55. The Bertz CT molecular complexity index is 320. The molecular formula is C16H32N2OS. The Morgan fingerprint density at radius 3 is 2.60 bits per heavy atom. The van der Waals surface area contributed by atoms with Gasteiger partial charge in [0, 0.05) is 37.5 Å². The number of nitrogens with zero attached hydrogens (tertiary/aromatic N) is 1. The fourth-order valence-corrected chi connectivity index (χ4v) is 5.56. The molecule has 2 unspecified atom stereocenters. The van der Waals surface area contributed by atoms with Gasteiger partial charge in [0.05, 0.1) is 6.61 Å². The average molecular weight is 301 g/mol. The van der Waals surface area contributed by atoms with E-state index >= 15 is 0 Å². The molecule has 20 heavy (non-hydrogen) atoms. The SMILES string of the molecule is COCCN(C(C)C1CC1)C1(CN)CSCCC1(C)C. The summed E-state index contributed by atoms with van der Waals surface area (Å²) in [6.07, 6.45) is 4.04. The van der Waals surface area contributed by atoms with Crippen LogP contribution in [0.1, 0.15) is 40.0 Å². The number of thioether (sulfide) groups is 1. The van der Waals surface area contributed by atoms with Gasteiger partial charge in [-0.2, -0.15) is 11.8 Å². The quantitative estimate of drug-likeness (QED) is 0.784. The smallest absolute Gasteiger partial charge is 0.0590 e. The summed E-state index contributed by atoms with van der Waals surface area (Å²) >= 11 is 2.08. The van der Waals surface area contributed by atoms with E-state index in [4.69, 9.17) is 10.5 Å². The van der Waals surface area contributed by atoms with Crippen LogP contribution in [0.25, 0.3) is 0 Å². The Labute approximate surface area is 129 Å². The molecule has 2 N–H and O–H groups in total. The lowest BCUT2D eigenvalue weighted by Crippen LogP contribution is -2.68. The number of ether oxygens (including phenoxy) is 1. The third-order valence-corrected chi connectivity index (χ3v) is 6.87. The summed E-state index contributed by atoms with van der Waals surface area (Å²) in [6, 6.07) is 0.631. The van der Waals surface area contributed by atoms with E-state index in [-0.39, 0.29) is 11.0 Å². The second-order valence-electron chi connectivity index (χ2n) is 7.19. The van der Waals surface area contributed by atoms with E-state index in [0.717, 1.165) is 31.4 Å². The van der Waals surface area contributed by atoms with Crippen molar-refractivity contribution in [3.05, 3.63) is 0 Å². The molecule has 2 fully saturated rings. The third kappa shape index (κ3) is 3.03. The van der Waals surface area contributed by atoms with Crippen LogP contribution in [-0.2, 0) is 4.74 Å². The van der Waals surface area contributed by atoms with Gasteiger partial charge in [-0.3, -0.25) is 4.90 Å². The molecule has 1 aliphatic heterocycles. The monoisotopic (exact) mass is 300 g/mol. The maximum atomic E-state index is 6.35. The standard InChI is InChI=1S/C16H32N2OS/c1-13(14-5-6-14)18(8-9-19-4)16(11-17)12-20-10-7-15(16,2)3/h13-14H,5-12,17H2,1-4H3. The van der Waals surface area contributed by atoms with Crippen molar-refractivity contribution in [3.8, 4) is 0 Å². The number of methoxy groups -OCH3 is 1. The molecule has 2 atom stereocenters. The van der Waals surface area contributed by atoms with Gasteiger partial charge in [-0.25, -0.2) is 0 Å². The molecule has 1 heterocycles. The number of nitrogens with two attached hydrogens (primary N) is 1. The lowest BCUT2D eigenvalue weighted by atomic mass is 9.69. The van der Waals surface area contributed by atoms with Crippen LogP contribution in [0.4, 0.5) is 0 Å². The summed E-state index contributed by atoms with van der Waals surface area (Å²) in [4.78, 5) is 2.71. The highest BCUT2D eigenvalue weighted by Gasteiger charge is 2.52. The predicted octanol–water partition coefficient (Wildman–Crippen LogP) is 2.59. The molecule has 2 aliphatic rings. The first-order valence-corrected chi connectivity index (χ1v) is 9.17. The molecule has 3 nitrogen and oxygen atoms in total. The molecule has 0 spiro atoms. The van der Waals surface area contributed by atoms with Gasteiger partial charge in [0.1, 0.15) is 0 Å². The Hall–Kier alpha value is 0.230. The zero-order valence-electron chi connectivity index (χ0n) is 13.7. The van der Waals surface area contributed by atoms with Crippen LogP contribution in [0, 0.1) is 11.3 Å². The van der Waals surface area contributed by atoms with Crippen molar-refractivity contribution in [2.75, 3.05) is 38.3 Å². The molecule has 1 saturated carbocycles. The third-order valence-electron chi connectivity index (χ3n) is 5.69. The minimum absolute atomic E-state index is 0.121. The summed E-state index contributed by atoms with van der Waals surface area (Å²) in [7, 11) is 1.80. The fourth-order valence-electron chi connectivity index (χ4n) is 3.75. The highest BCUT2D eigenvalue weighted by atomic mass is 32.2. The molecule has 0 aromatic carbocycles. The Balaban J connectivity index is 2.25. The maximum absolute atomic E-state index is 6.35. The Morgan fingerprint density at radius 2 is 2.10 bits per heavy atom. The summed E-state index contributed by atoms with van der Waals surface area (Å²) < 4.78 is 5.38. The van der Waals surface area contributed by atoms with E-state index in [1.54, 1.807) is 7.11 Å². The van der Waals surface area contributed by atoms with Crippen LogP contribution in [0.2, 0.25) is 0 Å². The van der Waals surface area contributed by atoms with Gasteiger partial charge in [0.2, 0.25) is 0 Å². The highest BCUT2D eigenvalue weighted by Crippen LogP contribution is 2.48. The van der Waals surface area contributed by atoms with Crippen LogP contribution < -0.4 is 5.73 Å². The lowest BCUT2D eigenvalue weighted by Gasteiger charge is -2.57. The van der Waals surface area contributed by atoms with E-state index in [9.17, 15) is 0 Å². The normalized spacial score (nSPS) is 31.5. The second-order valence-corrected chi connectivity index (χ2v) is 8.29. The summed E-state index contributed by atoms with van der Waals surface area (Å²) in [5.41, 5.74) is 6.75. The molecule has 2 rings (SSSR count). The molecule has 1 aliphatic carbocycles. The summed E-state index contributed by atoms with van der Waals surface area (Å²) in [6.45, 7) is 9.81. The number of hydrogen-bond donors (Lipinski definition) is 1. The van der Waals surface area contributed by atoms with E-state index in [2.05, 4.69) is 37.4 Å². The minimum Gasteiger partial charge on any atom is -0.383 e. The van der Waals surface area contributed by atoms with Gasteiger partial charge >= 0.3 is 0 Å². The van der Waals surface area contributed by atoms with Crippen molar-refractivity contribution in [2.24, 2.45) is 17.1 Å². The van der Waals surface area contributed by atoms with Crippen molar-refractivity contribution in [2.45, 2.75) is 51.6 Å². The zero-order chi connectivity index (χ0) is 14.8. The molecule has 0 aromatic heterocycles. The van der Waals surface area contributed by atoms with Crippen molar-refractivity contribution >= 4 is 11.8 Å². The first kappa shape index (κ1) is 16.6. The van der Waals surface area contributed by atoms with Crippen LogP contribution in [0.15, 0.2) is 0 Å². The van der Waals surface area contributed by atoms with Gasteiger partial charge in [0.25, 0.3) is 0 Å². The Morgan fingerprint density at radius 1 is 1.40 bits per heavy atom. The number of rotatable bonds is 7. The molecule has 0 bridgehead atoms. The van der Waals surface area contributed by atoms with E-state index in [0.29, 0.717) is 6.04 Å². The van der Waals surface area contributed by atoms with Gasteiger partial charge in [-0.1, -0.05) is 13.8 Å². The molecular weight excluding hydrogens is 268 g/mol. The predicted molar refractivity (Wildman–Crippen MR) is 88.3 cm³/mol. The lowest BCUT2D eigenvalue weighted by molar-refractivity contribution is -0.0410. The molecule has 0 radical (unpaired) electrons. The molecule has 0 aromatic rings. The highest BCUT2D eigenvalue weighted by molar-refractivity contribution is 7.99. The van der Waals surface area contributed by atoms with Crippen LogP contribution in [0.3, 0.4) is 0 Å². The first-order valence-electron chi connectivity index (χ1n) is 8.02. The van der Waals surface area contributed by atoms with Gasteiger partial charge < -0.3 is 10.5 Å². The maximum Gasteiger partial charge on any atom is 0.0590 e. The van der Waals surface area contributed by atoms with Crippen molar-refractivity contribution in [3.63, 3.8) is 0 Å². The van der Waals surface area contributed by atoms with Crippen LogP contribution >= 0.6 is 11.8 Å². The van der Waals surface area contributed by atoms with E-state index in [1.807, 2.05) is 0 Å². The largest absolute Gasteiger partial charge is 0.383 e. The Kier molecular flexibility index (Phi) is 5.44. The van der Waals surface area contributed by atoms with E-state index in [1.165, 1.54) is 25.0 Å². The minimum atomic E-state index is 0.121. The summed E-state index contributed by atoms with van der Waals surface area (Å²) in [5, 5.41) is 0. The molecule has 118 valence electrons. The van der Waals surface area contributed by atoms with Crippen LogP contribution in [-0.4, -0.2) is 54.8 Å². The van der Waals surface area contributed by atoms with Crippen molar-refractivity contribution < 1.29 is 4.74 Å². The van der Waals surface area contributed by atoms with Crippen LogP contribution in [0.5, 0.6) is 0 Å².